The van der Waals surface area contributed by atoms with Crippen molar-refractivity contribution in [1.29, 1.82) is 0 Å². The van der Waals surface area contributed by atoms with Crippen molar-refractivity contribution in [3.8, 4) is 0 Å². The maximum absolute atomic E-state index is 12.9. The summed E-state index contributed by atoms with van der Waals surface area (Å²) >= 11 is 0. The van der Waals surface area contributed by atoms with E-state index in [4.69, 9.17) is 5.73 Å². The van der Waals surface area contributed by atoms with Gasteiger partial charge in [0.2, 0.25) is 5.95 Å². The zero-order valence-corrected chi connectivity index (χ0v) is 14.0. The second kappa shape index (κ2) is 5.65. The summed E-state index contributed by atoms with van der Waals surface area (Å²) in [5.74, 6) is -0.455. The molecule has 2 aromatic heterocycles. The minimum atomic E-state index is -0.647. The summed E-state index contributed by atoms with van der Waals surface area (Å²) in [5.41, 5.74) is 7.82. The predicted molar refractivity (Wildman–Crippen MR) is 92.2 cm³/mol. The Kier molecular flexibility index (Phi) is 3.42. The van der Waals surface area contributed by atoms with Gasteiger partial charge >= 0.3 is 0 Å². The molecule has 4 N–H and O–H groups in total. The molecular formula is C15H15N9O2. The van der Waals surface area contributed by atoms with Crippen molar-refractivity contribution in [3.05, 3.63) is 35.2 Å². The zero-order valence-electron chi connectivity index (χ0n) is 14.0. The molecular weight excluding hydrogens is 338 g/mol. The molecule has 4 rings (SSSR count). The van der Waals surface area contributed by atoms with E-state index in [1.807, 2.05) is 0 Å². The quantitative estimate of drug-likeness (QED) is 0.600. The number of rotatable bonds is 3. The number of hydrogen-bond donors (Lipinski definition) is 3. The van der Waals surface area contributed by atoms with E-state index in [2.05, 4.69) is 31.0 Å². The molecule has 0 unspecified atom stereocenters. The fourth-order valence-corrected chi connectivity index (χ4v) is 2.89. The number of carbonyl (C=O) groups is 2. The number of hydrogen-bond acceptors (Lipinski definition) is 7. The molecule has 0 fully saturated rings. The van der Waals surface area contributed by atoms with Crippen molar-refractivity contribution in [3.63, 3.8) is 0 Å². The Morgan fingerprint density at radius 3 is 2.92 bits per heavy atom. The van der Waals surface area contributed by atoms with E-state index in [1.165, 1.54) is 4.68 Å². The molecule has 0 saturated carbocycles. The molecule has 3 heterocycles. The Bertz CT molecular complexity index is 1080. The van der Waals surface area contributed by atoms with Crippen LogP contribution in [0.1, 0.15) is 17.3 Å². The molecule has 0 atom stereocenters. The largest absolute Gasteiger partial charge is 0.366 e. The number of nitrogens with two attached hydrogens (primary N) is 1. The van der Waals surface area contributed by atoms with Gasteiger partial charge in [-0.1, -0.05) is 5.10 Å². The first kappa shape index (κ1) is 15.7. The van der Waals surface area contributed by atoms with Crippen molar-refractivity contribution in [2.75, 3.05) is 17.3 Å². The van der Waals surface area contributed by atoms with E-state index in [0.717, 1.165) is 11.1 Å². The van der Waals surface area contributed by atoms with E-state index in [1.54, 1.807) is 37.2 Å². The first-order chi connectivity index (χ1) is 12.5. The maximum Gasteiger partial charge on any atom is 0.255 e. The van der Waals surface area contributed by atoms with Crippen molar-refractivity contribution in [2.24, 2.45) is 5.73 Å². The molecule has 0 saturated heterocycles. The van der Waals surface area contributed by atoms with E-state index < -0.39 is 5.91 Å². The van der Waals surface area contributed by atoms with Crippen LogP contribution >= 0.6 is 0 Å². The van der Waals surface area contributed by atoms with Gasteiger partial charge in [0.05, 0.1) is 35.1 Å². The van der Waals surface area contributed by atoms with E-state index in [-0.39, 0.29) is 18.0 Å². The third kappa shape index (κ3) is 2.37. The lowest BCUT2D eigenvalue weighted by Crippen LogP contribution is -2.32. The van der Waals surface area contributed by atoms with Crippen LogP contribution in [0.25, 0.3) is 10.9 Å². The summed E-state index contributed by atoms with van der Waals surface area (Å²) in [6.45, 7) is 2.03. The number of aromatic nitrogens is 6. The van der Waals surface area contributed by atoms with E-state index >= 15 is 0 Å². The minimum Gasteiger partial charge on any atom is -0.366 e. The van der Waals surface area contributed by atoms with Crippen molar-refractivity contribution in [1.82, 2.24) is 30.4 Å². The standard InChI is InChI=1S/C15H15N9O2/c1-7-10(6-24-15(23(7)2)20-21-22-24)14(26)18-12-3-8-5-17-19-11(8)4-9(12)13(16)25/h3-5H,6H2,1-2H3,(H2,16,25)(H,17,19)(H,18,26). The number of amides is 2. The van der Waals surface area contributed by atoms with Crippen LogP contribution in [0.4, 0.5) is 11.6 Å². The third-order valence-corrected chi connectivity index (χ3v) is 4.43. The third-order valence-electron chi connectivity index (χ3n) is 4.43. The number of benzene rings is 1. The van der Waals surface area contributed by atoms with Gasteiger partial charge < -0.3 is 16.0 Å². The molecule has 132 valence electrons. The molecule has 11 nitrogen and oxygen atoms in total. The maximum atomic E-state index is 12.9. The number of carbonyl (C=O) groups excluding carboxylic acids is 2. The predicted octanol–water partition coefficient (Wildman–Crippen LogP) is 0.0108. The van der Waals surface area contributed by atoms with Crippen LogP contribution in [0.3, 0.4) is 0 Å². The SMILES string of the molecule is CC1=C(C(=O)Nc2cc3cn[nH]c3cc2C(N)=O)Cn2nnnc2N1C. The average molecular weight is 353 g/mol. The number of aromatic amines is 1. The Labute approximate surface area is 146 Å². The normalized spacial score (nSPS) is 13.8. The highest BCUT2D eigenvalue weighted by Gasteiger charge is 2.27. The van der Waals surface area contributed by atoms with Crippen LogP contribution in [-0.4, -0.2) is 49.3 Å². The molecule has 0 spiro atoms. The van der Waals surface area contributed by atoms with Gasteiger partial charge in [0.25, 0.3) is 11.8 Å². The smallest absolute Gasteiger partial charge is 0.255 e. The summed E-state index contributed by atoms with van der Waals surface area (Å²) in [4.78, 5) is 26.4. The number of anilines is 2. The lowest BCUT2D eigenvalue weighted by Gasteiger charge is -2.26. The molecule has 26 heavy (non-hydrogen) atoms. The summed E-state index contributed by atoms with van der Waals surface area (Å²) in [6.07, 6.45) is 1.60. The molecule has 0 radical (unpaired) electrons. The van der Waals surface area contributed by atoms with Gasteiger partial charge in [0, 0.05) is 18.1 Å². The lowest BCUT2D eigenvalue weighted by molar-refractivity contribution is -0.113. The van der Waals surface area contributed by atoms with Crippen LogP contribution < -0.4 is 16.0 Å². The van der Waals surface area contributed by atoms with Crippen LogP contribution in [-0.2, 0) is 11.3 Å². The Balaban J connectivity index is 1.70. The molecule has 3 aromatic rings. The first-order valence-electron chi connectivity index (χ1n) is 7.73. The molecule has 1 aromatic carbocycles. The molecule has 11 heteroatoms. The Morgan fingerprint density at radius 1 is 1.35 bits per heavy atom. The highest BCUT2D eigenvalue weighted by atomic mass is 16.2. The van der Waals surface area contributed by atoms with Crippen molar-refractivity contribution in [2.45, 2.75) is 13.5 Å². The number of nitrogens with zero attached hydrogens (tertiary/aromatic N) is 6. The number of allylic oxidation sites excluding steroid dienone is 1. The number of H-pyrrole nitrogens is 1. The number of primary amides is 1. The second-order valence-electron chi connectivity index (χ2n) is 5.93. The molecule has 1 aliphatic rings. The first-order valence-corrected chi connectivity index (χ1v) is 7.73. The fourth-order valence-electron chi connectivity index (χ4n) is 2.89. The van der Waals surface area contributed by atoms with Crippen molar-refractivity contribution >= 4 is 34.4 Å². The monoisotopic (exact) mass is 353 g/mol. The highest BCUT2D eigenvalue weighted by molar-refractivity contribution is 6.11. The van der Waals surface area contributed by atoms with Gasteiger partial charge in [-0.25, -0.2) is 4.68 Å². The van der Waals surface area contributed by atoms with E-state index in [0.29, 0.717) is 22.7 Å². The number of nitrogens with one attached hydrogen (secondary N) is 2. The molecule has 0 bridgehead atoms. The average Bonchev–Trinajstić information content (AvgIpc) is 3.25. The van der Waals surface area contributed by atoms with Crippen molar-refractivity contribution < 1.29 is 9.59 Å². The zero-order chi connectivity index (χ0) is 18.4. The molecule has 0 aliphatic carbocycles. The Morgan fingerprint density at radius 2 is 2.15 bits per heavy atom. The summed E-state index contributed by atoms with van der Waals surface area (Å²) in [7, 11) is 1.77. The highest BCUT2D eigenvalue weighted by Crippen LogP contribution is 2.26. The summed E-state index contributed by atoms with van der Waals surface area (Å²) in [6, 6.07) is 3.22. The van der Waals surface area contributed by atoms with Gasteiger partial charge in [0.1, 0.15) is 0 Å². The number of fused-ring (bicyclic) bond motifs is 2. The van der Waals surface area contributed by atoms with Gasteiger partial charge in [-0.3, -0.25) is 14.7 Å². The van der Waals surface area contributed by atoms with Gasteiger partial charge in [-0.05, 0) is 29.5 Å². The van der Waals surface area contributed by atoms with Crippen LogP contribution in [0.5, 0.6) is 0 Å². The van der Waals surface area contributed by atoms with Crippen LogP contribution in [0.15, 0.2) is 29.6 Å². The Hall–Kier alpha value is -3.76. The summed E-state index contributed by atoms with van der Waals surface area (Å²) in [5, 5.41) is 21.6. The number of tetrazole rings is 1. The van der Waals surface area contributed by atoms with Gasteiger partial charge in [-0.2, -0.15) is 5.10 Å². The second-order valence-corrected chi connectivity index (χ2v) is 5.93. The fraction of sp³-hybridized carbons (Fsp3) is 0.200. The minimum absolute atomic E-state index is 0.195. The van der Waals surface area contributed by atoms with Crippen LogP contribution in [0.2, 0.25) is 0 Å². The lowest BCUT2D eigenvalue weighted by atomic mass is 10.1. The van der Waals surface area contributed by atoms with Gasteiger partial charge in [-0.15, -0.1) is 0 Å². The van der Waals surface area contributed by atoms with Crippen LogP contribution in [0, 0.1) is 0 Å². The van der Waals surface area contributed by atoms with Gasteiger partial charge in [0.15, 0.2) is 0 Å². The van der Waals surface area contributed by atoms with E-state index in [9.17, 15) is 9.59 Å². The summed E-state index contributed by atoms with van der Waals surface area (Å²) < 4.78 is 1.52. The molecule has 2 amide bonds. The topological polar surface area (TPSA) is 148 Å². The molecule has 1 aliphatic heterocycles.